The van der Waals surface area contributed by atoms with Crippen molar-refractivity contribution in [3.63, 3.8) is 0 Å². The van der Waals surface area contributed by atoms with Crippen molar-refractivity contribution in [2.24, 2.45) is 0 Å². The average molecular weight is 441 g/mol. The molecule has 0 N–H and O–H groups in total. The number of nitrogens with zero attached hydrogens (tertiary/aromatic N) is 1. The van der Waals surface area contributed by atoms with Gasteiger partial charge in [-0.05, 0) is 60.5 Å². The first-order chi connectivity index (χ1) is 15.2. The third-order valence-electron chi connectivity index (χ3n) is 5.06. The standard InChI is InChI=1S/C24H18F3NO4/c1-13-10-16(14-6-8-28-9-7-14)22-17(11-13)20(29)23(31-3)21(32-22)15-4-5-19(30-2)18(12-15)24(25,26)27/h4-12H,1-3H3. The number of aromatic nitrogens is 1. The van der Waals surface area contributed by atoms with Gasteiger partial charge in [-0.1, -0.05) is 0 Å². The highest BCUT2D eigenvalue weighted by Crippen LogP contribution is 2.41. The van der Waals surface area contributed by atoms with E-state index in [0.717, 1.165) is 24.3 Å². The van der Waals surface area contributed by atoms with Crippen LogP contribution in [-0.4, -0.2) is 19.2 Å². The van der Waals surface area contributed by atoms with Crippen molar-refractivity contribution in [3.8, 4) is 33.9 Å². The van der Waals surface area contributed by atoms with Gasteiger partial charge in [-0.2, -0.15) is 13.2 Å². The van der Waals surface area contributed by atoms with E-state index in [1.165, 1.54) is 19.2 Å². The Morgan fingerprint density at radius 1 is 0.938 bits per heavy atom. The summed E-state index contributed by atoms with van der Waals surface area (Å²) >= 11 is 0. The van der Waals surface area contributed by atoms with Crippen molar-refractivity contribution < 1.29 is 27.1 Å². The van der Waals surface area contributed by atoms with Gasteiger partial charge in [0.1, 0.15) is 11.3 Å². The van der Waals surface area contributed by atoms with Gasteiger partial charge in [-0.3, -0.25) is 9.78 Å². The van der Waals surface area contributed by atoms with Crippen molar-refractivity contribution >= 4 is 11.0 Å². The summed E-state index contributed by atoms with van der Waals surface area (Å²) in [6.07, 6.45) is -1.46. The van der Waals surface area contributed by atoms with Crippen LogP contribution >= 0.6 is 0 Å². The lowest BCUT2D eigenvalue weighted by molar-refractivity contribution is -0.138. The van der Waals surface area contributed by atoms with Crippen molar-refractivity contribution in [1.29, 1.82) is 0 Å². The third kappa shape index (κ3) is 3.68. The molecule has 0 saturated carbocycles. The Kier molecular flexibility index (Phi) is 5.38. The molecule has 4 aromatic rings. The van der Waals surface area contributed by atoms with Crippen LogP contribution in [0.3, 0.4) is 0 Å². The molecular weight excluding hydrogens is 423 g/mol. The van der Waals surface area contributed by atoms with Crippen LogP contribution < -0.4 is 14.9 Å². The van der Waals surface area contributed by atoms with E-state index in [1.54, 1.807) is 30.6 Å². The highest BCUT2D eigenvalue weighted by Gasteiger charge is 2.35. The van der Waals surface area contributed by atoms with Gasteiger partial charge in [0.2, 0.25) is 11.2 Å². The smallest absolute Gasteiger partial charge is 0.419 e. The molecule has 0 bridgehead atoms. The molecule has 2 aromatic carbocycles. The summed E-state index contributed by atoms with van der Waals surface area (Å²) in [7, 11) is 2.43. The maximum atomic E-state index is 13.6. The normalized spacial score (nSPS) is 11.6. The minimum absolute atomic E-state index is 0.0372. The highest BCUT2D eigenvalue weighted by molar-refractivity contribution is 5.94. The van der Waals surface area contributed by atoms with Gasteiger partial charge in [0.25, 0.3) is 0 Å². The lowest BCUT2D eigenvalue weighted by Crippen LogP contribution is -2.10. The van der Waals surface area contributed by atoms with Crippen LogP contribution in [0.25, 0.3) is 33.4 Å². The molecule has 0 spiro atoms. The zero-order valence-electron chi connectivity index (χ0n) is 17.4. The Morgan fingerprint density at radius 2 is 1.66 bits per heavy atom. The molecule has 4 rings (SSSR count). The van der Waals surface area contributed by atoms with Crippen LogP contribution in [0.15, 0.2) is 64.1 Å². The summed E-state index contributed by atoms with van der Waals surface area (Å²) in [4.78, 5) is 17.3. The zero-order chi connectivity index (χ0) is 23.0. The molecule has 5 nitrogen and oxygen atoms in total. The first kappa shape index (κ1) is 21.4. The van der Waals surface area contributed by atoms with Crippen molar-refractivity contribution in [1.82, 2.24) is 4.98 Å². The molecule has 0 aliphatic rings. The van der Waals surface area contributed by atoms with E-state index < -0.39 is 17.2 Å². The quantitative estimate of drug-likeness (QED) is 0.397. The number of ether oxygens (including phenoxy) is 2. The fourth-order valence-electron chi connectivity index (χ4n) is 3.62. The molecule has 0 atom stereocenters. The summed E-state index contributed by atoms with van der Waals surface area (Å²) in [5, 5.41) is 0.266. The number of rotatable bonds is 4. The summed E-state index contributed by atoms with van der Waals surface area (Å²) in [6, 6.07) is 10.5. The number of fused-ring (bicyclic) bond motifs is 1. The van der Waals surface area contributed by atoms with E-state index in [2.05, 4.69) is 4.98 Å². The molecule has 2 aromatic heterocycles. The second kappa shape index (κ2) is 8.03. The zero-order valence-corrected chi connectivity index (χ0v) is 17.4. The largest absolute Gasteiger partial charge is 0.496 e. The van der Waals surface area contributed by atoms with Crippen LogP contribution in [0, 0.1) is 6.92 Å². The molecule has 2 heterocycles. The number of benzene rings is 2. The van der Waals surface area contributed by atoms with Gasteiger partial charge >= 0.3 is 6.18 Å². The molecule has 32 heavy (non-hydrogen) atoms. The molecule has 0 fully saturated rings. The summed E-state index contributed by atoms with van der Waals surface area (Å²) in [6.45, 7) is 1.84. The van der Waals surface area contributed by atoms with Crippen LogP contribution in [-0.2, 0) is 6.18 Å². The molecule has 8 heteroatoms. The third-order valence-corrected chi connectivity index (χ3v) is 5.06. The predicted octanol–water partition coefficient (Wildman–Crippen LogP) is 5.87. The van der Waals surface area contributed by atoms with Gasteiger partial charge < -0.3 is 13.9 Å². The molecule has 0 amide bonds. The first-order valence-corrected chi connectivity index (χ1v) is 9.56. The highest BCUT2D eigenvalue weighted by atomic mass is 19.4. The van der Waals surface area contributed by atoms with Gasteiger partial charge in [-0.25, -0.2) is 0 Å². The number of aryl methyl sites for hydroxylation is 1. The lowest BCUT2D eigenvalue weighted by Gasteiger charge is -2.15. The molecule has 0 unspecified atom stereocenters. The molecule has 0 aliphatic carbocycles. The molecule has 0 saturated heterocycles. The number of hydrogen-bond donors (Lipinski definition) is 0. The van der Waals surface area contributed by atoms with Gasteiger partial charge in [-0.15, -0.1) is 0 Å². The number of methoxy groups -OCH3 is 2. The van der Waals surface area contributed by atoms with Gasteiger partial charge in [0.05, 0.1) is 25.2 Å². The monoisotopic (exact) mass is 441 g/mol. The van der Waals surface area contributed by atoms with E-state index in [-0.39, 0.29) is 33.8 Å². The van der Waals surface area contributed by atoms with E-state index in [0.29, 0.717) is 5.56 Å². The number of alkyl halides is 3. The van der Waals surface area contributed by atoms with Gasteiger partial charge in [0, 0.05) is 23.5 Å². The van der Waals surface area contributed by atoms with Crippen molar-refractivity contribution in [3.05, 3.63) is 76.2 Å². The lowest BCUT2D eigenvalue weighted by atomic mass is 9.99. The number of hydrogen-bond acceptors (Lipinski definition) is 5. The number of pyridine rings is 1. The predicted molar refractivity (Wildman–Crippen MR) is 114 cm³/mol. The topological polar surface area (TPSA) is 61.6 Å². The minimum Gasteiger partial charge on any atom is -0.496 e. The van der Waals surface area contributed by atoms with E-state index in [4.69, 9.17) is 13.9 Å². The van der Waals surface area contributed by atoms with Gasteiger partial charge in [0.15, 0.2) is 5.76 Å². The van der Waals surface area contributed by atoms with Crippen LogP contribution in [0.2, 0.25) is 0 Å². The maximum absolute atomic E-state index is 13.6. The summed E-state index contributed by atoms with van der Waals surface area (Å²) < 4.78 is 56.9. The fourth-order valence-corrected chi connectivity index (χ4v) is 3.62. The molecule has 164 valence electrons. The molecule has 0 radical (unpaired) electrons. The SMILES string of the molecule is COc1ccc(-c2oc3c(-c4ccncc4)cc(C)cc3c(=O)c2OC)cc1C(F)(F)F. The van der Waals surface area contributed by atoms with E-state index in [1.807, 2.05) is 13.0 Å². The Labute approximate surface area is 181 Å². The maximum Gasteiger partial charge on any atom is 0.419 e. The van der Waals surface area contributed by atoms with E-state index in [9.17, 15) is 18.0 Å². The van der Waals surface area contributed by atoms with Crippen LogP contribution in [0.4, 0.5) is 13.2 Å². The second-order valence-electron chi connectivity index (χ2n) is 7.13. The Morgan fingerprint density at radius 3 is 2.28 bits per heavy atom. The first-order valence-electron chi connectivity index (χ1n) is 9.56. The fraction of sp³-hybridized carbons (Fsp3) is 0.167. The average Bonchev–Trinajstić information content (AvgIpc) is 2.78. The second-order valence-corrected chi connectivity index (χ2v) is 7.13. The number of halogens is 3. The molecule has 0 aliphatic heterocycles. The van der Waals surface area contributed by atoms with Crippen LogP contribution in [0.1, 0.15) is 11.1 Å². The molecular formula is C24H18F3NO4. The Bertz CT molecular complexity index is 1360. The minimum atomic E-state index is -4.66. The Hall–Kier alpha value is -3.81. The van der Waals surface area contributed by atoms with Crippen LogP contribution in [0.5, 0.6) is 11.5 Å². The Balaban J connectivity index is 2.07. The van der Waals surface area contributed by atoms with E-state index >= 15 is 0 Å². The van der Waals surface area contributed by atoms with Crippen molar-refractivity contribution in [2.45, 2.75) is 13.1 Å². The summed E-state index contributed by atoms with van der Waals surface area (Å²) in [5.41, 5.74) is 0.997. The van der Waals surface area contributed by atoms with Crippen molar-refractivity contribution in [2.75, 3.05) is 14.2 Å². The summed E-state index contributed by atoms with van der Waals surface area (Å²) in [5.74, 6) is -0.615.